The van der Waals surface area contributed by atoms with Crippen LogP contribution in [0, 0.1) is 0 Å². The van der Waals surface area contributed by atoms with Gasteiger partial charge < -0.3 is 14.7 Å². The van der Waals surface area contributed by atoms with E-state index >= 15 is 0 Å². The second kappa shape index (κ2) is 5.83. The van der Waals surface area contributed by atoms with E-state index in [2.05, 4.69) is 46.0 Å². The van der Waals surface area contributed by atoms with Gasteiger partial charge in [-0.15, -0.1) is 0 Å². The first-order valence-electron chi connectivity index (χ1n) is 7.61. The Morgan fingerprint density at radius 3 is 1.95 bits per heavy atom. The van der Waals surface area contributed by atoms with Crippen molar-refractivity contribution >= 4 is 11.4 Å². The second-order valence-electron chi connectivity index (χ2n) is 5.86. The molecule has 0 atom stereocenters. The third-order valence-corrected chi connectivity index (χ3v) is 4.42. The summed E-state index contributed by atoms with van der Waals surface area (Å²) in [6.07, 6.45) is 4.09. The van der Waals surface area contributed by atoms with Gasteiger partial charge in [0, 0.05) is 50.6 Å². The molecular weight excluding hydrogens is 234 g/mol. The molecule has 3 nitrogen and oxygen atoms in total. The summed E-state index contributed by atoms with van der Waals surface area (Å²) in [6, 6.07) is 9.14. The Morgan fingerprint density at radius 2 is 1.32 bits per heavy atom. The average Bonchev–Trinajstić information content (AvgIpc) is 2.49. The molecule has 0 unspecified atom stereocenters. The van der Waals surface area contributed by atoms with Gasteiger partial charge in [0.15, 0.2) is 0 Å². The summed E-state index contributed by atoms with van der Waals surface area (Å²) in [7, 11) is 2.21. The van der Waals surface area contributed by atoms with Gasteiger partial charge in [-0.2, -0.15) is 0 Å². The number of piperazine rings is 1. The molecule has 0 amide bonds. The maximum atomic E-state index is 2.54. The zero-order valence-electron chi connectivity index (χ0n) is 12.0. The van der Waals surface area contributed by atoms with Crippen molar-refractivity contribution in [1.82, 2.24) is 4.90 Å². The highest BCUT2D eigenvalue weighted by Crippen LogP contribution is 2.25. The lowest BCUT2D eigenvalue weighted by Gasteiger charge is -2.35. The van der Waals surface area contributed by atoms with E-state index in [4.69, 9.17) is 0 Å². The third-order valence-electron chi connectivity index (χ3n) is 4.42. The maximum Gasteiger partial charge on any atom is 0.0387 e. The first-order chi connectivity index (χ1) is 9.33. The molecule has 19 heavy (non-hydrogen) atoms. The van der Waals surface area contributed by atoms with Crippen molar-refractivity contribution in [2.45, 2.75) is 19.3 Å². The normalized spacial score (nSPS) is 21.7. The lowest BCUT2D eigenvalue weighted by molar-refractivity contribution is 0.313. The molecule has 0 saturated carbocycles. The zero-order chi connectivity index (χ0) is 13.1. The van der Waals surface area contributed by atoms with E-state index in [1.807, 2.05) is 0 Å². The van der Waals surface area contributed by atoms with E-state index in [1.165, 1.54) is 56.8 Å². The van der Waals surface area contributed by atoms with Gasteiger partial charge in [-0.25, -0.2) is 0 Å². The van der Waals surface area contributed by atoms with Crippen molar-refractivity contribution in [3.05, 3.63) is 24.3 Å². The molecule has 3 rings (SSSR count). The summed E-state index contributed by atoms with van der Waals surface area (Å²) >= 11 is 0. The van der Waals surface area contributed by atoms with Crippen LogP contribution >= 0.6 is 0 Å². The molecular formula is C16H25N3. The van der Waals surface area contributed by atoms with Crippen LogP contribution in [-0.2, 0) is 0 Å². The SMILES string of the molecule is CN1CCN(c2cccc(N3CCCCC3)c2)CC1. The molecule has 0 aliphatic carbocycles. The molecule has 0 radical (unpaired) electrons. The molecule has 2 heterocycles. The maximum absolute atomic E-state index is 2.54. The van der Waals surface area contributed by atoms with Crippen molar-refractivity contribution < 1.29 is 0 Å². The summed E-state index contributed by atoms with van der Waals surface area (Å²) in [4.78, 5) is 7.47. The Hall–Kier alpha value is -1.22. The van der Waals surface area contributed by atoms with Crippen LogP contribution in [0.25, 0.3) is 0 Å². The standard InChI is InChI=1S/C16H25N3/c1-17-10-12-19(13-11-17)16-7-5-6-15(14-16)18-8-3-2-4-9-18/h5-7,14H,2-4,8-13H2,1H3. The predicted octanol–water partition coefficient (Wildman–Crippen LogP) is 2.43. The Bertz CT molecular complexity index is 404. The minimum atomic E-state index is 1.15. The van der Waals surface area contributed by atoms with Gasteiger partial charge in [-0.3, -0.25) is 0 Å². The smallest absolute Gasteiger partial charge is 0.0387 e. The van der Waals surface area contributed by atoms with Crippen LogP contribution in [0.4, 0.5) is 11.4 Å². The topological polar surface area (TPSA) is 9.72 Å². The summed E-state index contributed by atoms with van der Waals surface area (Å²) in [5, 5.41) is 0. The first kappa shape index (κ1) is 12.8. The van der Waals surface area contributed by atoms with Crippen LogP contribution in [0.5, 0.6) is 0 Å². The minimum Gasteiger partial charge on any atom is -0.371 e. The molecule has 1 aromatic carbocycles. The van der Waals surface area contributed by atoms with Gasteiger partial charge in [-0.05, 0) is 44.5 Å². The minimum absolute atomic E-state index is 1.15. The van der Waals surface area contributed by atoms with Gasteiger partial charge in [0.05, 0.1) is 0 Å². The lowest BCUT2D eigenvalue weighted by atomic mass is 10.1. The lowest BCUT2D eigenvalue weighted by Crippen LogP contribution is -2.44. The second-order valence-corrected chi connectivity index (χ2v) is 5.86. The molecule has 0 aromatic heterocycles. The number of hydrogen-bond acceptors (Lipinski definition) is 3. The summed E-state index contributed by atoms with van der Waals surface area (Å²) < 4.78 is 0. The number of piperidine rings is 1. The Morgan fingerprint density at radius 1 is 0.737 bits per heavy atom. The van der Waals surface area contributed by atoms with Crippen molar-refractivity contribution in [2.24, 2.45) is 0 Å². The summed E-state index contributed by atoms with van der Waals surface area (Å²) in [5.74, 6) is 0. The third kappa shape index (κ3) is 3.03. The molecule has 104 valence electrons. The van der Waals surface area contributed by atoms with E-state index in [0.717, 1.165) is 13.1 Å². The van der Waals surface area contributed by atoms with E-state index in [0.29, 0.717) is 0 Å². The van der Waals surface area contributed by atoms with Crippen molar-refractivity contribution in [1.29, 1.82) is 0 Å². The summed E-state index contributed by atoms with van der Waals surface area (Å²) in [5.41, 5.74) is 2.81. The predicted molar refractivity (Wildman–Crippen MR) is 82.2 cm³/mol. The van der Waals surface area contributed by atoms with E-state index in [-0.39, 0.29) is 0 Å². The number of likely N-dealkylation sites (N-methyl/N-ethyl adjacent to an activating group) is 1. The number of nitrogens with zero attached hydrogens (tertiary/aromatic N) is 3. The molecule has 0 N–H and O–H groups in total. The molecule has 3 heteroatoms. The monoisotopic (exact) mass is 259 g/mol. The Labute approximate surface area is 116 Å². The fraction of sp³-hybridized carbons (Fsp3) is 0.625. The first-order valence-corrected chi connectivity index (χ1v) is 7.61. The van der Waals surface area contributed by atoms with Gasteiger partial charge in [0.1, 0.15) is 0 Å². The number of hydrogen-bond donors (Lipinski definition) is 0. The van der Waals surface area contributed by atoms with Crippen molar-refractivity contribution in [3.8, 4) is 0 Å². The molecule has 2 aliphatic heterocycles. The number of rotatable bonds is 2. The van der Waals surface area contributed by atoms with Crippen LogP contribution in [0.2, 0.25) is 0 Å². The van der Waals surface area contributed by atoms with Gasteiger partial charge in [-0.1, -0.05) is 6.07 Å². The van der Waals surface area contributed by atoms with Crippen LogP contribution in [0.3, 0.4) is 0 Å². The largest absolute Gasteiger partial charge is 0.371 e. The van der Waals surface area contributed by atoms with Crippen LogP contribution in [0.1, 0.15) is 19.3 Å². The Kier molecular flexibility index (Phi) is 3.92. The fourth-order valence-corrected chi connectivity index (χ4v) is 3.10. The molecule has 0 spiro atoms. The highest BCUT2D eigenvalue weighted by Gasteiger charge is 2.16. The van der Waals surface area contributed by atoms with Gasteiger partial charge >= 0.3 is 0 Å². The molecule has 1 aromatic rings. The highest BCUT2D eigenvalue weighted by molar-refractivity contribution is 5.59. The van der Waals surface area contributed by atoms with E-state index in [9.17, 15) is 0 Å². The van der Waals surface area contributed by atoms with Crippen molar-refractivity contribution in [2.75, 3.05) is 56.1 Å². The van der Waals surface area contributed by atoms with Crippen LogP contribution in [-0.4, -0.2) is 51.2 Å². The van der Waals surface area contributed by atoms with Crippen LogP contribution < -0.4 is 9.80 Å². The summed E-state index contributed by atoms with van der Waals surface area (Å²) in [6.45, 7) is 7.11. The van der Waals surface area contributed by atoms with Gasteiger partial charge in [0.2, 0.25) is 0 Å². The van der Waals surface area contributed by atoms with Crippen LogP contribution in [0.15, 0.2) is 24.3 Å². The zero-order valence-corrected chi connectivity index (χ0v) is 12.0. The van der Waals surface area contributed by atoms with E-state index < -0.39 is 0 Å². The van der Waals surface area contributed by atoms with E-state index in [1.54, 1.807) is 0 Å². The molecule has 2 aliphatic rings. The number of anilines is 2. The molecule has 2 saturated heterocycles. The van der Waals surface area contributed by atoms with Gasteiger partial charge in [0.25, 0.3) is 0 Å². The number of benzene rings is 1. The Balaban J connectivity index is 1.72. The quantitative estimate of drug-likeness (QED) is 0.807. The molecule has 2 fully saturated rings. The highest BCUT2D eigenvalue weighted by atomic mass is 15.2. The fourth-order valence-electron chi connectivity index (χ4n) is 3.10. The molecule has 0 bridgehead atoms. The average molecular weight is 259 g/mol. The van der Waals surface area contributed by atoms with Crippen molar-refractivity contribution in [3.63, 3.8) is 0 Å².